The van der Waals surface area contributed by atoms with Crippen LogP contribution in [0.3, 0.4) is 0 Å². The first-order valence-corrected chi connectivity index (χ1v) is 7.09. The second-order valence-electron chi connectivity index (χ2n) is 4.41. The molecule has 3 rings (SSSR count). The Morgan fingerprint density at radius 2 is 1.42 bits per heavy atom. The van der Waals surface area contributed by atoms with E-state index < -0.39 is 6.10 Å². The first-order chi connectivity index (χ1) is 9.34. The van der Waals surface area contributed by atoms with Crippen molar-refractivity contribution >= 4 is 11.3 Å². The molecule has 0 bridgehead atoms. The molecule has 0 aliphatic rings. The Morgan fingerprint density at radius 1 is 0.737 bits per heavy atom. The predicted molar refractivity (Wildman–Crippen MR) is 80.3 cm³/mol. The average Bonchev–Trinajstić information content (AvgIpc) is 3.02. The van der Waals surface area contributed by atoms with Crippen molar-refractivity contribution in [3.05, 3.63) is 82.6 Å². The van der Waals surface area contributed by atoms with Crippen LogP contribution >= 0.6 is 11.3 Å². The predicted octanol–water partition coefficient (Wildman–Crippen LogP) is 4.50. The Morgan fingerprint density at radius 3 is 2.05 bits per heavy atom. The molecular weight excluding hydrogens is 252 g/mol. The second kappa shape index (κ2) is 5.39. The minimum Gasteiger partial charge on any atom is -0.383 e. The molecule has 0 fully saturated rings. The van der Waals surface area contributed by atoms with Gasteiger partial charge in [0.15, 0.2) is 0 Å². The van der Waals surface area contributed by atoms with Gasteiger partial charge in [0.05, 0.1) is 0 Å². The van der Waals surface area contributed by atoms with E-state index in [1.54, 1.807) is 11.3 Å². The first kappa shape index (κ1) is 12.2. The summed E-state index contributed by atoms with van der Waals surface area (Å²) in [6, 6.07) is 22.3. The number of aliphatic hydroxyl groups is 1. The van der Waals surface area contributed by atoms with Crippen LogP contribution in [0.2, 0.25) is 0 Å². The van der Waals surface area contributed by atoms with Gasteiger partial charge in [0, 0.05) is 4.88 Å². The van der Waals surface area contributed by atoms with Crippen molar-refractivity contribution in [2.75, 3.05) is 0 Å². The highest BCUT2D eigenvalue weighted by Crippen LogP contribution is 2.27. The Bertz CT molecular complexity index is 627. The molecule has 1 nitrogen and oxygen atoms in total. The third-order valence-electron chi connectivity index (χ3n) is 3.15. The Kier molecular flexibility index (Phi) is 3.45. The van der Waals surface area contributed by atoms with E-state index in [-0.39, 0.29) is 0 Å². The molecule has 1 aromatic heterocycles. The first-order valence-electron chi connectivity index (χ1n) is 6.21. The van der Waals surface area contributed by atoms with E-state index in [4.69, 9.17) is 0 Å². The fourth-order valence-corrected chi connectivity index (χ4v) is 2.84. The van der Waals surface area contributed by atoms with E-state index in [0.717, 1.165) is 10.4 Å². The largest absolute Gasteiger partial charge is 0.383 e. The molecule has 2 aromatic carbocycles. The van der Waals surface area contributed by atoms with Crippen molar-refractivity contribution in [2.45, 2.75) is 6.10 Å². The highest BCUT2D eigenvalue weighted by molar-refractivity contribution is 7.10. The molecule has 94 valence electrons. The van der Waals surface area contributed by atoms with E-state index in [2.05, 4.69) is 24.3 Å². The Balaban J connectivity index is 1.87. The van der Waals surface area contributed by atoms with Gasteiger partial charge in [0.2, 0.25) is 0 Å². The molecule has 1 unspecified atom stereocenters. The van der Waals surface area contributed by atoms with Crippen molar-refractivity contribution in [1.29, 1.82) is 0 Å². The lowest BCUT2D eigenvalue weighted by molar-refractivity contribution is 0.224. The molecular formula is C17H14OS. The number of hydrogen-bond donors (Lipinski definition) is 1. The minimum absolute atomic E-state index is 0.523. The van der Waals surface area contributed by atoms with Crippen LogP contribution < -0.4 is 0 Å². The second-order valence-corrected chi connectivity index (χ2v) is 5.39. The van der Waals surface area contributed by atoms with Gasteiger partial charge in [-0.1, -0.05) is 60.7 Å². The van der Waals surface area contributed by atoms with Gasteiger partial charge in [-0.2, -0.15) is 0 Å². The van der Waals surface area contributed by atoms with Crippen LogP contribution in [0.1, 0.15) is 16.5 Å². The molecule has 19 heavy (non-hydrogen) atoms. The summed E-state index contributed by atoms with van der Waals surface area (Å²) in [4.78, 5) is 0.979. The summed E-state index contributed by atoms with van der Waals surface area (Å²) in [5.41, 5.74) is 3.30. The lowest BCUT2D eigenvalue weighted by atomic mass is 10.0. The summed E-state index contributed by atoms with van der Waals surface area (Å²) in [6.45, 7) is 0. The Labute approximate surface area is 116 Å². The maximum absolute atomic E-state index is 10.3. The van der Waals surface area contributed by atoms with Gasteiger partial charge >= 0.3 is 0 Å². The average molecular weight is 266 g/mol. The van der Waals surface area contributed by atoms with Crippen molar-refractivity contribution < 1.29 is 5.11 Å². The van der Waals surface area contributed by atoms with E-state index in [9.17, 15) is 5.11 Å². The molecule has 0 radical (unpaired) electrons. The fraction of sp³-hybridized carbons (Fsp3) is 0.0588. The summed E-state index contributed by atoms with van der Waals surface area (Å²) in [6.07, 6.45) is -0.523. The molecule has 0 aliphatic carbocycles. The zero-order valence-corrected chi connectivity index (χ0v) is 11.2. The molecule has 3 aromatic rings. The molecule has 1 N–H and O–H groups in total. The van der Waals surface area contributed by atoms with Crippen LogP contribution in [0, 0.1) is 0 Å². The lowest BCUT2D eigenvalue weighted by Crippen LogP contribution is -1.96. The van der Waals surface area contributed by atoms with E-state index in [1.165, 1.54) is 11.1 Å². The van der Waals surface area contributed by atoms with Crippen LogP contribution in [0.25, 0.3) is 11.1 Å². The normalized spacial score (nSPS) is 12.3. The van der Waals surface area contributed by atoms with Crippen molar-refractivity contribution in [3.8, 4) is 11.1 Å². The van der Waals surface area contributed by atoms with Crippen LogP contribution in [-0.2, 0) is 0 Å². The summed E-state index contributed by atoms with van der Waals surface area (Å²) in [5, 5.41) is 12.2. The number of rotatable bonds is 3. The highest BCUT2D eigenvalue weighted by Gasteiger charge is 2.11. The molecule has 0 spiro atoms. The van der Waals surface area contributed by atoms with Gasteiger partial charge < -0.3 is 5.11 Å². The molecule has 1 atom stereocenters. The lowest BCUT2D eigenvalue weighted by Gasteiger charge is -2.10. The SMILES string of the molecule is OC(c1ccc(-c2ccccc2)cc1)c1cccs1. The Hall–Kier alpha value is -1.90. The van der Waals surface area contributed by atoms with E-state index in [0.29, 0.717) is 0 Å². The molecule has 0 saturated carbocycles. The summed E-state index contributed by atoms with van der Waals surface area (Å²) in [7, 11) is 0. The highest BCUT2D eigenvalue weighted by atomic mass is 32.1. The maximum atomic E-state index is 10.3. The number of thiophene rings is 1. The van der Waals surface area contributed by atoms with Crippen LogP contribution in [-0.4, -0.2) is 5.11 Å². The smallest absolute Gasteiger partial charge is 0.113 e. The van der Waals surface area contributed by atoms with Gasteiger partial charge in [-0.25, -0.2) is 0 Å². The molecule has 0 saturated heterocycles. The molecule has 0 amide bonds. The topological polar surface area (TPSA) is 20.2 Å². The summed E-state index contributed by atoms with van der Waals surface area (Å²) in [5.74, 6) is 0. The zero-order chi connectivity index (χ0) is 13.1. The van der Waals surface area contributed by atoms with Crippen molar-refractivity contribution in [2.24, 2.45) is 0 Å². The van der Waals surface area contributed by atoms with Gasteiger partial charge in [-0.3, -0.25) is 0 Å². The van der Waals surface area contributed by atoms with Gasteiger partial charge in [-0.15, -0.1) is 11.3 Å². The molecule has 2 heteroatoms. The van der Waals surface area contributed by atoms with E-state index >= 15 is 0 Å². The number of aliphatic hydroxyl groups excluding tert-OH is 1. The zero-order valence-electron chi connectivity index (χ0n) is 10.4. The van der Waals surface area contributed by atoms with Crippen LogP contribution in [0.4, 0.5) is 0 Å². The van der Waals surface area contributed by atoms with Crippen molar-refractivity contribution in [1.82, 2.24) is 0 Å². The standard InChI is InChI=1S/C17H14OS/c18-17(16-7-4-12-19-16)15-10-8-14(9-11-15)13-5-2-1-3-6-13/h1-12,17-18H. The number of benzene rings is 2. The van der Waals surface area contributed by atoms with Gasteiger partial charge in [-0.05, 0) is 28.1 Å². The third kappa shape index (κ3) is 2.60. The van der Waals surface area contributed by atoms with Crippen molar-refractivity contribution in [3.63, 3.8) is 0 Å². The van der Waals surface area contributed by atoms with Gasteiger partial charge in [0.25, 0.3) is 0 Å². The fourth-order valence-electron chi connectivity index (χ4n) is 2.10. The minimum atomic E-state index is -0.523. The number of hydrogen-bond acceptors (Lipinski definition) is 2. The molecule has 1 heterocycles. The molecule has 0 aliphatic heterocycles. The van der Waals surface area contributed by atoms with Crippen LogP contribution in [0.15, 0.2) is 72.1 Å². The maximum Gasteiger partial charge on any atom is 0.113 e. The quantitative estimate of drug-likeness (QED) is 0.740. The van der Waals surface area contributed by atoms with Gasteiger partial charge in [0.1, 0.15) is 6.10 Å². The van der Waals surface area contributed by atoms with E-state index in [1.807, 2.05) is 47.8 Å². The summed E-state index contributed by atoms with van der Waals surface area (Å²) >= 11 is 1.58. The third-order valence-corrected chi connectivity index (χ3v) is 4.07. The summed E-state index contributed by atoms with van der Waals surface area (Å²) < 4.78 is 0. The van der Waals surface area contributed by atoms with Crippen LogP contribution in [0.5, 0.6) is 0 Å². The monoisotopic (exact) mass is 266 g/mol.